The lowest BCUT2D eigenvalue weighted by molar-refractivity contribution is 0.0829. The van der Waals surface area contributed by atoms with Crippen molar-refractivity contribution in [1.29, 1.82) is 0 Å². The Balaban J connectivity index is 1.98. The number of carbonyl (C=O) groups is 1. The van der Waals surface area contributed by atoms with Crippen LogP contribution in [0.3, 0.4) is 0 Å². The van der Waals surface area contributed by atoms with Crippen LogP contribution in [0.15, 0.2) is 60.7 Å². The maximum atomic E-state index is 12.0. The van der Waals surface area contributed by atoms with E-state index in [2.05, 4.69) is 5.32 Å². The van der Waals surface area contributed by atoms with Gasteiger partial charge in [-0.15, -0.1) is 0 Å². The van der Waals surface area contributed by atoms with Crippen molar-refractivity contribution in [2.45, 2.75) is 25.2 Å². The molecule has 2 atom stereocenters. The van der Waals surface area contributed by atoms with Crippen LogP contribution >= 0.6 is 0 Å². The zero-order valence-corrected chi connectivity index (χ0v) is 12.8. The molecule has 3 N–H and O–H groups in total. The number of rotatable bonds is 7. The number of alkyl carbamates (subject to hydrolysis) is 1. The van der Waals surface area contributed by atoms with E-state index in [1.54, 1.807) is 0 Å². The first-order valence-corrected chi connectivity index (χ1v) is 7.52. The second-order valence-electron chi connectivity index (χ2n) is 5.17. The lowest BCUT2D eigenvalue weighted by atomic mass is 9.99. The van der Waals surface area contributed by atoms with Crippen molar-refractivity contribution < 1.29 is 19.7 Å². The van der Waals surface area contributed by atoms with Crippen molar-refractivity contribution >= 4 is 6.09 Å². The van der Waals surface area contributed by atoms with Gasteiger partial charge in [0.2, 0.25) is 0 Å². The van der Waals surface area contributed by atoms with Crippen LogP contribution in [0.1, 0.15) is 23.6 Å². The van der Waals surface area contributed by atoms with E-state index in [-0.39, 0.29) is 19.6 Å². The summed E-state index contributed by atoms with van der Waals surface area (Å²) in [6.07, 6.45) is -1.34. The number of amides is 1. The van der Waals surface area contributed by atoms with Crippen molar-refractivity contribution in [3.8, 4) is 0 Å². The quantitative estimate of drug-likeness (QED) is 0.733. The molecular weight excluding hydrogens is 294 g/mol. The number of hydrogen-bond donors (Lipinski definition) is 3. The van der Waals surface area contributed by atoms with Crippen LogP contribution in [0.4, 0.5) is 4.79 Å². The number of aliphatic hydroxyl groups excluding tert-OH is 2. The summed E-state index contributed by atoms with van der Waals surface area (Å²) >= 11 is 0. The molecule has 0 radical (unpaired) electrons. The topological polar surface area (TPSA) is 78.8 Å². The van der Waals surface area contributed by atoms with Gasteiger partial charge in [0.25, 0.3) is 0 Å². The third kappa shape index (κ3) is 5.39. The molecule has 0 bridgehead atoms. The van der Waals surface area contributed by atoms with E-state index in [0.29, 0.717) is 0 Å². The van der Waals surface area contributed by atoms with Crippen LogP contribution in [0.2, 0.25) is 0 Å². The van der Waals surface area contributed by atoms with Gasteiger partial charge in [-0.1, -0.05) is 60.7 Å². The summed E-state index contributed by atoms with van der Waals surface area (Å²) in [7, 11) is 0. The fourth-order valence-corrected chi connectivity index (χ4v) is 2.25. The van der Waals surface area contributed by atoms with Crippen LogP contribution in [-0.4, -0.2) is 29.0 Å². The summed E-state index contributed by atoms with van der Waals surface area (Å²) in [5, 5.41) is 21.8. The zero-order chi connectivity index (χ0) is 16.5. The number of ether oxygens (including phenoxy) is 1. The monoisotopic (exact) mass is 315 g/mol. The number of nitrogens with one attached hydrogen (secondary N) is 1. The fraction of sp³-hybridized carbons (Fsp3) is 0.278. The molecule has 5 heteroatoms. The van der Waals surface area contributed by atoms with Crippen LogP contribution in [0, 0.1) is 0 Å². The van der Waals surface area contributed by atoms with E-state index in [9.17, 15) is 9.90 Å². The number of hydrogen-bond acceptors (Lipinski definition) is 4. The Bertz CT molecular complexity index is 588. The first-order chi connectivity index (χ1) is 11.2. The summed E-state index contributed by atoms with van der Waals surface area (Å²) in [6.45, 7) is -0.00444. The third-order valence-corrected chi connectivity index (χ3v) is 3.45. The van der Waals surface area contributed by atoms with Crippen molar-refractivity contribution in [2.75, 3.05) is 6.61 Å². The Morgan fingerprint density at radius 1 is 1.04 bits per heavy atom. The van der Waals surface area contributed by atoms with Crippen LogP contribution in [0.5, 0.6) is 0 Å². The van der Waals surface area contributed by atoms with Gasteiger partial charge in [0.1, 0.15) is 6.61 Å². The van der Waals surface area contributed by atoms with Gasteiger partial charge in [0, 0.05) is 6.61 Å². The summed E-state index contributed by atoms with van der Waals surface area (Å²) in [4.78, 5) is 12.0. The Labute approximate surface area is 135 Å². The van der Waals surface area contributed by atoms with E-state index in [0.717, 1.165) is 11.1 Å². The fourth-order valence-electron chi connectivity index (χ4n) is 2.25. The average molecular weight is 315 g/mol. The molecule has 0 aliphatic carbocycles. The van der Waals surface area contributed by atoms with Crippen molar-refractivity contribution in [3.05, 3.63) is 71.8 Å². The van der Waals surface area contributed by atoms with Gasteiger partial charge in [0.05, 0.1) is 12.1 Å². The van der Waals surface area contributed by atoms with Crippen LogP contribution in [-0.2, 0) is 11.3 Å². The molecule has 5 nitrogen and oxygen atoms in total. The van der Waals surface area contributed by atoms with Gasteiger partial charge in [-0.2, -0.15) is 0 Å². The van der Waals surface area contributed by atoms with Crippen LogP contribution < -0.4 is 5.32 Å². The summed E-state index contributed by atoms with van der Waals surface area (Å²) < 4.78 is 5.18. The largest absolute Gasteiger partial charge is 0.445 e. The van der Waals surface area contributed by atoms with Gasteiger partial charge < -0.3 is 20.3 Å². The molecule has 0 aliphatic rings. The van der Waals surface area contributed by atoms with E-state index >= 15 is 0 Å². The van der Waals surface area contributed by atoms with Crippen LogP contribution in [0.25, 0.3) is 0 Å². The van der Waals surface area contributed by atoms with E-state index in [4.69, 9.17) is 9.84 Å². The zero-order valence-electron chi connectivity index (χ0n) is 12.8. The SMILES string of the molecule is O=C(NC(c1ccccc1)C(O)CCO)OCc1ccccc1. The molecule has 0 aromatic heterocycles. The highest BCUT2D eigenvalue weighted by molar-refractivity contribution is 5.68. The molecule has 0 aliphatic heterocycles. The predicted molar refractivity (Wildman–Crippen MR) is 86.7 cm³/mol. The number of carbonyl (C=O) groups excluding carboxylic acids is 1. The molecule has 1 amide bonds. The molecule has 0 fully saturated rings. The van der Waals surface area contributed by atoms with Crippen molar-refractivity contribution in [2.24, 2.45) is 0 Å². The lowest BCUT2D eigenvalue weighted by Crippen LogP contribution is -2.37. The minimum atomic E-state index is -0.897. The highest BCUT2D eigenvalue weighted by Crippen LogP contribution is 2.19. The Morgan fingerprint density at radius 3 is 2.26 bits per heavy atom. The Morgan fingerprint density at radius 2 is 1.65 bits per heavy atom. The molecule has 2 aromatic carbocycles. The molecule has 122 valence electrons. The molecule has 2 aromatic rings. The van der Waals surface area contributed by atoms with E-state index in [1.165, 1.54) is 0 Å². The Kier molecular flexibility index (Phi) is 6.59. The molecular formula is C18H21NO4. The smallest absolute Gasteiger partial charge is 0.408 e. The van der Waals surface area contributed by atoms with E-state index in [1.807, 2.05) is 60.7 Å². The molecule has 2 rings (SSSR count). The third-order valence-electron chi connectivity index (χ3n) is 3.45. The first-order valence-electron chi connectivity index (χ1n) is 7.52. The lowest BCUT2D eigenvalue weighted by Gasteiger charge is -2.24. The van der Waals surface area contributed by atoms with Gasteiger partial charge in [-0.05, 0) is 17.5 Å². The minimum absolute atomic E-state index is 0.157. The highest BCUT2D eigenvalue weighted by Gasteiger charge is 2.23. The molecule has 0 spiro atoms. The van der Waals surface area contributed by atoms with Crippen molar-refractivity contribution in [3.63, 3.8) is 0 Å². The Hall–Kier alpha value is -2.37. The summed E-state index contributed by atoms with van der Waals surface area (Å²) in [6, 6.07) is 17.8. The summed E-state index contributed by atoms with van der Waals surface area (Å²) in [5.41, 5.74) is 1.64. The predicted octanol–water partition coefficient (Wildman–Crippen LogP) is 2.40. The van der Waals surface area contributed by atoms with Gasteiger partial charge in [0.15, 0.2) is 0 Å². The van der Waals surface area contributed by atoms with Gasteiger partial charge >= 0.3 is 6.09 Å². The van der Waals surface area contributed by atoms with Gasteiger partial charge in [-0.3, -0.25) is 0 Å². The molecule has 23 heavy (non-hydrogen) atoms. The second kappa shape index (κ2) is 8.92. The normalized spacial score (nSPS) is 13.1. The number of aliphatic hydroxyl groups is 2. The maximum absolute atomic E-state index is 12.0. The maximum Gasteiger partial charge on any atom is 0.408 e. The number of benzene rings is 2. The molecule has 2 unspecified atom stereocenters. The summed E-state index contributed by atoms with van der Waals surface area (Å²) in [5.74, 6) is 0. The molecule has 0 saturated heterocycles. The minimum Gasteiger partial charge on any atom is -0.445 e. The average Bonchev–Trinajstić information content (AvgIpc) is 2.59. The molecule has 0 heterocycles. The highest BCUT2D eigenvalue weighted by atomic mass is 16.5. The standard InChI is InChI=1S/C18H21NO4/c20-12-11-16(21)17(15-9-5-2-6-10-15)19-18(22)23-13-14-7-3-1-4-8-14/h1-10,16-17,20-21H,11-13H2,(H,19,22). The molecule has 0 saturated carbocycles. The van der Waals surface area contributed by atoms with E-state index < -0.39 is 18.2 Å². The second-order valence-corrected chi connectivity index (χ2v) is 5.17. The van der Waals surface area contributed by atoms with Crippen molar-refractivity contribution in [1.82, 2.24) is 5.32 Å². The first kappa shape index (κ1) is 17.0. The van der Waals surface area contributed by atoms with Gasteiger partial charge in [-0.25, -0.2) is 4.79 Å².